The highest BCUT2D eigenvalue weighted by atomic mass is 35.5. The summed E-state index contributed by atoms with van der Waals surface area (Å²) in [6.07, 6.45) is -0.0167. The van der Waals surface area contributed by atoms with Crippen molar-refractivity contribution in [2.45, 2.75) is 26.0 Å². The summed E-state index contributed by atoms with van der Waals surface area (Å²) >= 11 is 5.94. The fraction of sp³-hybridized carbons (Fsp3) is 0.278. The van der Waals surface area contributed by atoms with Crippen molar-refractivity contribution in [2.24, 2.45) is 0 Å². The minimum absolute atomic E-state index is 0.171. The van der Waals surface area contributed by atoms with E-state index in [-0.39, 0.29) is 12.7 Å². The minimum Gasteiger partial charge on any atom is -0.481 e. The van der Waals surface area contributed by atoms with E-state index in [0.29, 0.717) is 29.5 Å². The number of fused-ring (bicyclic) bond motifs is 1. The summed E-state index contributed by atoms with van der Waals surface area (Å²) in [5.74, 6) is 1.83. The van der Waals surface area contributed by atoms with E-state index in [4.69, 9.17) is 25.8 Å². The summed E-state index contributed by atoms with van der Waals surface area (Å²) in [6, 6.07) is 12.6. The van der Waals surface area contributed by atoms with E-state index in [9.17, 15) is 4.79 Å². The van der Waals surface area contributed by atoms with Crippen LogP contribution < -0.4 is 19.5 Å². The molecule has 1 amide bonds. The maximum absolute atomic E-state index is 12.3. The maximum atomic E-state index is 12.3. The zero-order chi connectivity index (χ0) is 16.9. The predicted octanol–water partition coefficient (Wildman–Crippen LogP) is 3.54. The normalized spacial score (nSPS) is 13.4. The molecule has 2 aromatic rings. The van der Waals surface area contributed by atoms with Gasteiger partial charge in [0.1, 0.15) is 5.75 Å². The van der Waals surface area contributed by atoms with Crippen LogP contribution in [-0.2, 0) is 11.3 Å². The first kappa shape index (κ1) is 16.5. The number of ether oxygens (including phenoxy) is 3. The van der Waals surface area contributed by atoms with Crippen molar-refractivity contribution in [1.82, 2.24) is 5.32 Å². The van der Waals surface area contributed by atoms with Crippen LogP contribution in [0.15, 0.2) is 42.5 Å². The number of carbonyl (C=O) groups is 1. The fourth-order valence-corrected chi connectivity index (χ4v) is 2.56. The van der Waals surface area contributed by atoms with E-state index < -0.39 is 6.10 Å². The molecule has 3 rings (SSSR count). The van der Waals surface area contributed by atoms with Crippen molar-refractivity contribution in [3.8, 4) is 17.2 Å². The first-order chi connectivity index (χ1) is 11.7. The van der Waals surface area contributed by atoms with Crippen LogP contribution in [0.2, 0.25) is 5.02 Å². The lowest BCUT2D eigenvalue weighted by Crippen LogP contribution is -2.37. The highest BCUT2D eigenvalue weighted by Crippen LogP contribution is 2.32. The van der Waals surface area contributed by atoms with Crippen molar-refractivity contribution in [2.75, 3.05) is 6.79 Å². The molecule has 5 nitrogen and oxygen atoms in total. The second-order valence-corrected chi connectivity index (χ2v) is 5.81. The molecule has 24 heavy (non-hydrogen) atoms. The van der Waals surface area contributed by atoms with Crippen LogP contribution in [-0.4, -0.2) is 18.8 Å². The van der Waals surface area contributed by atoms with Crippen LogP contribution >= 0.6 is 11.6 Å². The molecule has 1 heterocycles. The molecule has 0 bridgehead atoms. The lowest BCUT2D eigenvalue weighted by atomic mass is 10.2. The minimum atomic E-state index is -0.572. The summed E-state index contributed by atoms with van der Waals surface area (Å²) in [7, 11) is 0. The average Bonchev–Trinajstić information content (AvgIpc) is 3.05. The van der Waals surface area contributed by atoms with Gasteiger partial charge in [-0.05, 0) is 42.3 Å². The van der Waals surface area contributed by atoms with Gasteiger partial charge in [0.25, 0.3) is 5.91 Å². The molecule has 0 aromatic heterocycles. The Morgan fingerprint density at radius 3 is 2.88 bits per heavy atom. The van der Waals surface area contributed by atoms with E-state index in [1.165, 1.54) is 0 Å². The largest absolute Gasteiger partial charge is 0.481 e. The third kappa shape index (κ3) is 3.92. The van der Waals surface area contributed by atoms with E-state index in [2.05, 4.69) is 5.32 Å². The lowest BCUT2D eigenvalue weighted by Gasteiger charge is -2.17. The molecule has 1 aliphatic heterocycles. The van der Waals surface area contributed by atoms with Crippen LogP contribution in [0.25, 0.3) is 0 Å². The smallest absolute Gasteiger partial charge is 0.261 e. The zero-order valence-electron chi connectivity index (χ0n) is 13.3. The molecule has 0 unspecified atom stereocenters. The van der Waals surface area contributed by atoms with Crippen LogP contribution in [0.1, 0.15) is 18.9 Å². The predicted molar refractivity (Wildman–Crippen MR) is 90.6 cm³/mol. The monoisotopic (exact) mass is 347 g/mol. The molecule has 0 saturated carbocycles. The van der Waals surface area contributed by atoms with E-state index in [1.54, 1.807) is 24.3 Å². The number of halogens is 1. The molecule has 6 heteroatoms. The maximum Gasteiger partial charge on any atom is 0.261 e. The number of rotatable bonds is 6. The Bertz CT molecular complexity index is 735. The second-order valence-electron chi connectivity index (χ2n) is 5.38. The first-order valence-electron chi connectivity index (χ1n) is 7.74. The molecule has 1 aliphatic rings. The average molecular weight is 348 g/mol. The molecule has 0 fully saturated rings. The fourth-order valence-electron chi connectivity index (χ4n) is 2.38. The molecule has 0 saturated heterocycles. The van der Waals surface area contributed by atoms with Gasteiger partial charge in [-0.15, -0.1) is 0 Å². The molecular weight excluding hydrogens is 330 g/mol. The second kappa shape index (κ2) is 7.45. The molecular formula is C18H18ClNO4. The number of nitrogens with one attached hydrogen (secondary N) is 1. The SMILES string of the molecule is CC[C@H](Oc1cccc(Cl)c1)C(=O)NCc1ccc2c(c1)OCO2. The van der Waals surface area contributed by atoms with Crippen molar-refractivity contribution in [1.29, 1.82) is 0 Å². The quantitative estimate of drug-likeness (QED) is 0.868. The number of hydrogen-bond acceptors (Lipinski definition) is 4. The number of hydrogen-bond donors (Lipinski definition) is 1. The van der Waals surface area contributed by atoms with Gasteiger partial charge in [-0.1, -0.05) is 30.7 Å². The van der Waals surface area contributed by atoms with Gasteiger partial charge in [0, 0.05) is 11.6 Å². The van der Waals surface area contributed by atoms with Crippen LogP contribution in [0.4, 0.5) is 0 Å². The van der Waals surface area contributed by atoms with Gasteiger partial charge in [0.15, 0.2) is 17.6 Å². The Hall–Kier alpha value is -2.40. The van der Waals surface area contributed by atoms with Gasteiger partial charge in [-0.25, -0.2) is 0 Å². The molecule has 0 radical (unpaired) electrons. The first-order valence-corrected chi connectivity index (χ1v) is 8.12. The van der Waals surface area contributed by atoms with Gasteiger partial charge >= 0.3 is 0 Å². The Morgan fingerprint density at radius 1 is 1.25 bits per heavy atom. The zero-order valence-corrected chi connectivity index (χ0v) is 14.0. The van der Waals surface area contributed by atoms with E-state index >= 15 is 0 Å². The van der Waals surface area contributed by atoms with Crippen molar-refractivity contribution in [3.05, 3.63) is 53.1 Å². The third-order valence-corrected chi connectivity index (χ3v) is 3.88. The lowest BCUT2D eigenvalue weighted by molar-refractivity contribution is -0.128. The summed E-state index contributed by atoms with van der Waals surface area (Å²) in [5, 5.41) is 3.46. The Labute approximate surface area is 145 Å². The highest BCUT2D eigenvalue weighted by molar-refractivity contribution is 6.30. The van der Waals surface area contributed by atoms with Gasteiger partial charge in [-0.2, -0.15) is 0 Å². The Morgan fingerprint density at radius 2 is 2.08 bits per heavy atom. The van der Waals surface area contributed by atoms with Crippen molar-refractivity contribution >= 4 is 17.5 Å². The summed E-state index contributed by atoms with van der Waals surface area (Å²) in [4.78, 5) is 12.3. The van der Waals surface area contributed by atoms with Gasteiger partial charge in [0.2, 0.25) is 6.79 Å². The molecule has 0 aliphatic carbocycles. The Kier molecular flexibility index (Phi) is 5.11. The van der Waals surface area contributed by atoms with E-state index in [1.807, 2.05) is 25.1 Å². The number of benzene rings is 2. The van der Waals surface area contributed by atoms with E-state index in [0.717, 1.165) is 11.3 Å². The summed E-state index contributed by atoms with van der Waals surface area (Å²) < 4.78 is 16.3. The molecule has 0 spiro atoms. The van der Waals surface area contributed by atoms with Crippen molar-refractivity contribution < 1.29 is 19.0 Å². The number of amides is 1. The van der Waals surface area contributed by atoms with Crippen LogP contribution in [0, 0.1) is 0 Å². The van der Waals surface area contributed by atoms with Gasteiger partial charge in [-0.3, -0.25) is 4.79 Å². The molecule has 2 aromatic carbocycles. The molecule has 1 N–H and O–H groups in total. The molecule has 1 atom stereocenters. The topological polar surface area (TPSA) is 56.8 Å². The van der Waals surface area contributed by atoms with Crippen LogP contribution in [0.3, 0.4) is 0 Å². The number of carbonyl (C=O) groups excluding carboxylic acids is 1. The Balaban J connectivity index is 1.58. The van der Waals surface area contributed by atoms with Crippen molar-refractivity contribution in [3.63, 3.8) is 0 Å². The summed E-state index contributed by atoms with van der Waals surface area (Å²) in [5.41, 5.74) is 0.935. The standard InChI is InChI=1S/C18H18ClNO4/c1-2-15(24-14-5-3-4-13(19)9-14)18(21)20-10-12-6-7-16-17(8-12)23-11-22-16/h3-9,15H,2,10-11H2,1H3,(H,20,21)/t15-/m0/s1. The third-order valence-electron chi connectivity index (χ3n) is 3.64. The van der Waals surface area contributed by atoms with Gasteiger partial charge < -0.3 is 19.5 Å². The van der Waals surface area contributed by atoms with Gasteiger partial charge in [0.05, 0.1) is 0 Å². The molecule has 126 valence electrons. The van der Waals surface area contributed by atoms with Crippen LogP contribution in [0.5, 0.6) is 17.2 Å². The highest BCUT2D eigenvalue weighted by Gasteiger charge is 2.19. The summed E-state index contributed by atoms with van der Waals surface area (Å²) in [6.45, 7) is 2.52.